The lowest BCUT2D eigenvalue weighted by atomic mass is 9.92. The minimum Gasteiger partial charge on any atom is -0.493 e. The van der Waals surface area contributed by atoms with Crippen LogP contribution in [0.15, 0.2) is 70.0 Å². The number of carbonyl (C=O) groups is 2. The van der Waals surface area contributed by atoms with Crippen molar-refractivity contribution in [3.63, 3.8) is 0 Å². The predicted molar refractivity (Wildman–Crippen MR) is 187 cm³/mol. The van der Waals surface area contributed by atoms with Gasteiger partial charge >= 0.3 is 5.97 Å². The van der Waals surface area contributed by atoms with Gasteiger partial charge in [-0.05, 0) is 68.0 Å². The molecule has 1 aliphatic carbocycles. The summed E-state index contributed by atoms with van der Waals surface area (Å²) in [6, 6.07) is 9.34. The molecule has 2 aliphatic heterocycles. The summed E-state index contributed by atoms with van der Waals surface area (Å²) < 4.78 is 25.5. The molecule has 5 heterocycles. The van der Waals surface area contributed by atoms with Crippen LogP contribution in [0.1, 0.15) is 52.4 Å². The zero-order valence-electron chi connectivity index (χ0n) is 27.5. The number of aromatic hydroxyl groups is 1. The van der Waals surface area contributed by atoms with Crippen LogP contribution in [0.4, 0.5) is 15.8 Å². The van der Waals surface area contributed by atoms with Gasteiger partial charge in [-0.25, -0.2) is 9.18 Å². The number of piperidine rings is 1. The molecule has 262 valence electrons. The summed E-state index contributed by atoms with van der Waals surface area (Å²) >= 11 is 6.35. The number of azo groups is 1. The molecule has 0 radical (unpaired) electrons. The minimum atomic E-state index is -1.36. The van der Waals surface area contributed by atoms with Gasteiger partial charge in [0, 0.05) is 66.3 Å². The summed E-state index contributed by atoms with van der Waals surface area (Å²) in [5.74, 6) is -2.41. The quantitative estimate of drug-likeness (QED) is 0.175. The number of rotatable bonds is 8. The molecule has 0 spiro atoms. The zero-order chi connectivity index (χ0) is 35.6. The molecule has 5 aromatic rings. The highest BCUT2D eigenvalue weighted by Crippen LogP contribution is 2.46. The van der Waals surface area contributed by atoms with Crippen LogP contribution in [-0.4, -0.2) is 73.9 Å². The number of nitrogens with zero attached hydrogens (tertiary/aromatic N) is 7. The second-order valence-corrected chi connectivity index (χ2v) is 13.7. The van der Waals surface area contributed by atoms with Gasteiger partial charge in [-0.2, -0.15) is 0 Å². The van der Waals surface area contributed by atoms with Crippen LogP contribution >= 0.6 is 11.6 Å². The second-order valence-electron chi connectivity index (χ2n) is 13.3. The van der Waals surface area contributed by atoms with E-state index in [0.717, 1.165) is 38.3 Å². The van der Waals surface area contributed by atoms with Crippen LogP contribution in [0.5, 0.6) is 11.6 Å². The number of halogens is 2. The number of carbonyl (C=O) groups excluding carboxylic acids is 1. The monoisotopic (exact) mass is 713 g/mol. The Morgan fingerprint density at radius 3 is 2.61 bits per heavy atom. The predicted octanol–water partition coefficient (Wildman–Crippen LogP) is 6.37. The number of carboxylic acid groups (broad SMARTS) is 1. The average Bonchev–Trinajstić information content (AvgIpc) is 3.82. The van der Waals surface area contributed by atoms with E-state index in [1.54, 1.807) is 27.3 Å². The first-order valence-electron chi connectivity index (χ1n) is 16.7. The third-order valence-corrected chi connectivity index (χ3v) is 10.5. The number of ether oxygens (including phenoxy) is 1. The lowest BCUT2D eigenvalue weighted by Gasteiger charge is -2.37. The second kappa shape index (κ2) is 12.8. The molecule has 1 amide bonds. The Hall–Kier alpha value is -5.34. The number of likely N-dealkylation sites (tertiary alicyclic amines) is 1. The van der Waals surface area contributed by atoms with Crippen LogP contribution in [-0.2, 0) is 6.67 Å². The van der Waals surface area contributed by atoms with E-state index in [0.29, 0.717) is 40.1 Å². The number of aromatic carboxylic acids is 1. The maximum atomic E-state index is 16.2. The highest BCUT2D eigenvalue weighted by molar-refractivity contribution is 6.31. The number of hydrogen-bond acceptors (Lipinski definition) is 9. The first-order valence-corrected chi connectivity index (χ1v) is 17.1. The molecular formula is C36H33ClFN7O6. The van der Waals surface area contributed by atoms with Crippen molar-refractivity contribution in [3.8, 4) is 11.6 Å². The van der Waals surface area contributed by atoms with E-state index in [4.69, 9.17) is 16.3 Å². The lowest BCUT2D eigenvalue weighted by molar-refractivity contribution is 0.0694. The minimum absolute atomic E-state index is 0.00722. The summed E-state index contributed by atoms with van der Waals surface area (Å²) in [5, 5.41) is 30.2. The van der Waals surface area contributed by atoms with Crippen LogP contribution in [0, 0.1) is 11.7 Å². The first kappa shape index (κ1) is 32.8. The fourth-order valence-corrected chi connectivity index (χ4v) is 7.89. The van der Waals surface area contributed by atoms with Crippen molar-refractivity contribution in [1.29, 1.82) is 0 Å². The fourth-order valence-electron chi connectivity index (χ4n) is 7.72. The highest BCUT2D eigenvalue weighted by atomic mass is 35.5. The van der Waals surface area contributed by atoms with Gasteiger partial charge in [0.1, 0.15) is 11.3 Å². The number of amides is 1. The molecule has 1 saturated carbocycles. The number of aromatic nitrogens is 3. The number of carboxylic acids is 1. The molecule has 3 fully saturated rings. The Kier molecular flexibility index (Phi) is 8.22. The molecule has 2 unspecified atom stereocenters. The van der Waals surface area contributed by atoms with Crippen LogP contribution in [0.3, 0.4) is 0 Å². The zero-order valence-corrected chi connectivity index (χ0v) is 28.3. The summed E-state index contributed by atoms with van der Waals surface area (Å²) in [4.78, 5) is 45.9. The van der Waals surface area contributed by atoms with Gasteiger partial charge in [-0.15, -0.1) is 10.2 Å². The van der Waals surface area contributed by atoms with Crippen molar-refractivity contribution in [3.05, 3.63) is 87.2 Å². The van der Waals surface area contributed by atoms with Gasteiger partial charge in [0.15, 0.2) is 17.3 Å². The highest BCUT2D eigenvalue weighted by Gasteiger charge is 2.42. The molecule has 2 N–H and O–H groups in total. The van der Waals surface area contributed by atoms with E-state index < -0.39 is 28.7 Å². The van der Waals surface area contributed by atoms with Crippen molar-refractivity contribution < 1.29 is 28.9 Å². The molecule has 3 aliphatic rings. The topological polar surface area (TPSA) is 155 Å². The molecule has 2 saturated heterocycles. The fraction of sp³-hybridized carbons (Fsp3) is 0.333. The molecule has 51 heavy (non-hydrogen) atoms. The number of anilines is 1. The normalized spacial score (nSPS) is 19.3. The number of fused-ring (bicyclic) bond motifs is 3. The lowest BCUT2D eigenvalue weighted by Crippen LogP contribution is -2.45. The Morgan fingerprint density at radius 1 is 1.10 bits per heavy atom. The molecular weight excluding hydrogens is 681 g/mol. The Morgan fingerprint density at radius 2 is 1.88 bits per heavy atom. The van der Waals surface area contributed by atoms with Crippen molar-refractivity contribution >= 4 is 56.7 Å². The smallest absolute Gasteiger partial charge is 0.341 e. The maximum Gasteiger partial charge on any atom is 0.341 e. The van der Waals surface area contributed by atoms with E-state index in [1.165, 1.54) is 37.8 Å². The third kappa shape index (κ3) is 5.68. The largest absolute Gasteiger partial charge is 0.493 e. The SMILES string of the molecule is COc1c(N2CC3CCCN(Cn4c(O)c(N=NC(=O)c5ccncc5)c5cc(Cl)ccc54)C3C2)c(F)cc2c(=O)c(C(=O)O)cn(C3CC3)c12. The Bertz CT molecular complexity index is 2320. The number of hydrogen-bond donors (Lipinski definition) is 2. The van der Waals surface area contributed by atoms with Gasteiger partial charge in [-0.1, -0.05) is 11.6 Å². The molecule has 0 bridgehead atoms. The molecule has 15 heteroatoms. The van der Waals surface area contributed by atoms with Gasteiger partial charge in [0.05, 0.1) is 30.2 Å². The number of pyridine rings is 2. The van der Waals surface area contributed by atoms with E-state index in [-0.39, 0.29) is 53.1 Å². The summed E-state index contributed by atoms with van der Waals surface area (Å²) in [6.07, 6.45) is 7.73. The standard InChI is InChI=1S/C36H33ClFN7O6/c1-51-33-30-24(32(46)25(36(49)50)16-44(30)22-5-6-22)14-26(38)31(33)43-15-20-3-2-12-42(28(20)17-43)18-45-27-7-4-21(37)13-23(27)29(35(45)48)40-41-34(47)19-8-10-39-11-9-19/h4,7-11,13-14,16,20,22,28,48H,2-3,5-6,12,15,17-18H2,1H3,(H,49,50). The van der Waals surface area contributed by atoms with Gasteiger partial charge in [-0.3, -0.25) is 24.0 Å². The van der Waals surface area contributed by atoms with Crippen molar-refractivity contribution in [2.24, 2.45) is 16.1 Å². The van der Waals surface area contributed by atoms with Gasteiger partial charge in [0.2, 0.25) is 11.3 Å². The summed E-state index contributed by atoms with van der Waals surface area (Å²) in [7, 11) is 1.44. The molecule has 3 aromatic heterocycles. The summed E-state index contributed by atoms with van der Waals surface area (Å²) in [5.41, 5.74) is 0.554. The molecule has 13 nitrogen and oxygen atoms in total. The average molecular weight is 714 g/mol. The third-order valence-electron chi connectivity index (χ3n) is 10.2. The van der Waals surface area contributed by atoms with Gasteiger partial charge < -0.3 is 24.4 Å². The number of benzene rings is 2. The van der Waals surface area contributed by atoms with E-state index >= 15 is 4.39 Å². The van der Waals surface area contributed by atoms with E-state index in [9.17, 15) is 24.6 Å². The molecule has 2 aromatic carbocycles. The van der Waals surface area contributed by atoms with Crippen LogP contribution < -0.4 is 15.1 Å². The molecule has 8 rings (SSSR count). The van der Waals surface area contributed by atoms with Gasteiger partial charge in [0.25, 0.3) is 5.91 Å². The molecule has 2 atom stereocenters. The van der Waals surface area contributed by atoms with Crippen molar-refractivity contribution in [1.82, 2.24) is 19.0 Å². The van der Waals surface area contributed by atoms with Crippen LogP contribution in [0.2, 0.25) is 5.02 Å². The van der Waals surface area contributed by atoms with Crippen molar-refractivity contribution in [2.75, 3.05) is 31.6 Å². The first-order chi connectivity index (χ1) is 24.6. The van der Waals surface area contributed by atoms with Crippen molar-refractivity contribution in [2.45, 2.75) is 44.4 Å². The van der Waals surface area contributed by atoms with E-state index in [2.05, 4.69) is 20.1 Å². The number of methoxy groups -OCH3 is 1. The van der Waals surface area contributed by atoms with Crippen LogP contribution in [0.25, 0.3) is 21.8 Å². The summed E-state index contributed by atoms with van der Waals surface area (Å²) in [6.45, 7) is 1.98. The van der Waals surface area contributed by atoms with E-state index in [1.807, 2.05) is 4.90 Å². The Labute approximate surface area is 295 Å². The Balaban J connectivity index is 1.13. The maximum absolute atomic E-state index is 16.2.